The first-order chi connectivity index (χ1) is 20.8. The second-order valence-corrected chi connectivity index (χ2v) is 10.2. The lowest BCUT2D eigenvalue weighted by Crippen LogP contribution is -2.20. The molecule has 0 saturated heterocycles. The van der Waals surface area contributed by atoms with Crippen LogP contribution < -0.4 is 25.8 Å². The molecule has 0 bridgehead atoms. The summed E-state index contributed by atoms with van der Waals surface area (Å²) in [5.74, 6) is 0.641. The van der Waals surface area contributed by atoms with Gasteiger partial charge in [-0.05, 0) is 61.2 Å². The summed E-state index contributed by atoms with van der Waals surface area (Å²) in [6, 6.07) is 13.8. The average molecular weight is 643 g/mol. The zero-order valence-corrected chi connectivity index (χ0v) is 25.2. The van der Waals surface area contributed by atoms with Crippen molar-refractivity contribution in [3.63, 3.8) is 0 Å². The molecule has 1 fully saturated rings. The van der Waals surface area contributed by atoms with Crippen LogP contribution in [0.1, 0.15) is 51.0 Å². The number of nitrogens with zero attached hydrogens (tertiary/aromatic N) is 1. The van der Waals surface area contributed by atoms with E-state index in [0.29, 0.717) is 17.1 Å². The molecule has 0 heterocycles. The Morgan fingerprint density at radius 3 is 2.20 bits per heavy atom. The van der Waals surface area contributed by atoms with Crippen molar-refractivity contribution < 1.29 is 36.2 Å². The van der Waals surface area contributed by atoms with Gasteiger partial charge in [-0.1, -0.05) is 56.7 Å². The first kappa shape index (κ1) is 36.1. The van der Waals surface area contributed by atoms with Crippen LogP contribution in [0.3, 0.4) is 0 Å². The van der Waals surface area contributed by atoms with Crippen LogP contribution in [0.5, 0.6) is 11.5 Å². The van der Waals surface area contributed by atoms with E-state index in [2.05, 4.69) is 34.0 Å². The molecular weight excluding hydrogens is 607 g/mol. The van der Waals surface area contributed by atoms with E-state index in [1.807, 2.05) is 0 Å². The van der Waals surface area contributed by atoms with Gasteiger partial charge < -0.3 is 25.8 Å². The number of amides is 1. The predicted octanol–water partition coefficient (Wildman–Crippen LogP) is 9.42. The molecule has 1 amide bonds. The summed E-state index contributed by atoms with van der Waals surface area (Å²) >= 11 is 5.89. The number of carbonyl (C=O) groups is 1. The van der Waals surface area contributed by atoms with E-state index < -0.39 is 18.7 Å². The lowest BCUT2D eigenvalue weighted by molar-refractivity contribution is -0.274. The molecule has 240 valence electrons. The van der Waals surface area contributed by atoms with Crippen molar-refractivity contribution in [1.82, 2.24) is 0 Å². The maximum absolute atomic E-state index is 12.7. The molecule has 1 saturated carbocycles. The number of nitrogens with one attached hydrogen (secondary N) is 2. The summed E-state index contributed by atoms with van der Waals surface area (Å²) in [5.41, 5.74) is 7.11. The number of benzene rings is 3. The summed E-state index contributed by atoms with van der Waals surface area (Å²) in [6.45, 7) is 5.40. The Labute approximate surface area is 258 Å². The molecule has 0 spiro atoms. The van der Waals surface area contributed by atoms with Gasteiger partial charge in [-0.25, -0.2) is 8.78 Å². The molecular formula is C31H36ClF5N4O3. The molecule has 0 aliphatic heterocycles. The van der Waals surface area contributed by atoms with Gasteiger partial charge in [0.25, 0.3) is 12.3 Å². The van der Waals surface area contributed by atoms with Crippen molar-refractivity contribution in [1.29, 1.82) is 0 Å². The van der Waals surface area contributed by atoms with Gasteiger partial charge in [-0.2, -0.15) is 0 Å². The summed E-state index contributed by atoms with van der Waals surface area (Å²) in [7, 11) is 1.68. The number of anilines is 3. The van der Waals surface area contributed by atoms with Gasteiger partial charge in [0.15, 0.2) is 6.61 Å². The number of hydrogen-bond acceptors (Lipinski definition) is 6. The van der Waals surface area contributed by atoms with E-state index >= 15 is 0 Å². The highest BCUT2D eigenvalue weighted by atomic mass is 35.5. The van der Waals surface area contributed by atoms with Gasteiger partial charge in [-0.15, -0.1) is 13.2 Å². The zero-order chi connectivity index (χ0) is 32.7. The fraction of sp³-hybridized carbons (Fsp3) is 0.355. The quantitative estimate of drug-likeness (QED) is 0.129. The Balaban J connectivity index is 0.000000279. The molecule has 3 aromatic rings. The average Bonchev–Trinajstić information content (AvgIpc) is 2.98. The van der Waals surface area contributed by atoms with Crippen LogP contribution in [0.25, 0.3) is 0 Å². The summed E-state index contributed by atoms with van der Waals surface area (Å²) in [5, 5.41) is 5.36. The Hall–Kier alpha value is -4.06. The zero-order valence-electron chi connectivity index (χ0n) is 24.4. The van der Waals surface area contributed by atoms with Crippen LogP contribution in [0, 0.1) is 5.92 Å². The normalized spacial score (nSPS) is 13.0. The van der Waals surface area contributed by atoms with Gasteiger partial charge in [0.1, 0.15) is 11.5 Å². The number of alkyl halides is 5. The molecule has 4 N–H and O–H groups in total. The predicted molar refractivity (Wildman–Crippen MR) is 166 cm³/mol. The van der Waals surface area contributed by atoms with Crippen molar-refractivity contribution in [3.05, 3.63) is 71.2 Å². The molecule has 4 rings (SSSR count). The van der Waals surface area contributed by atoms with Crippen LogP contribution in [0.15, 0.2) is 65.7 Å². The van der Waals surface area contributed by atoms with E-state index in [9.17, 15) is 26.7 Å². The first-order valence-electron chi connectivity index (χ1n) is 13.7. The number of carbonyl (C=O) groups excluding carboxylic acids is 1. The second-order valence-electron chi connectivity index (χ2n) is 9.82. The molecule has 0 atom stereocenters. The van der Waals surface area contributed by atoms with E-state index in [0.717, 1.165) is 17.7 Å². The van der Waals surface area contributed by atoms with E-state index in [1.165, 1.54) is 74.6 Å². The Bertz CT molecular complexity index is 1330. The van der Waals surface area contributed by atoms with Crippen LogP contribution >= 0.6 is 11.6 Å². The minimum absolute atomic E-state index is 0.0915. The van der Waals surface area contributed by atoms with Crippen molar-refractivity contribution in [3.8, 4) is 11.5 Å². The molecule has 13 heteroatoms. The summed E-state index contributed by atoms with van der Waals surface area (Å²) in [4.78, 5) is 15.6. The summed E-state index contributed by atoms with van der Waals surface area (Å²) < 4.78 is 69.4. The largest absolute Gasteiger partial charge is 0.573 e. The van der Waals surface area contributed by atoms with Crippen molar-refractivity contribution in [2.45, 2.75) is 51.8 Å². The molecule has 44 heavy (non-hydrogen) atoms. The van der Waals surface area contributed by atoms with Crippen molar-refractivity contribution >= 4 is 47.0 Å². The topological polar surface area (TPSA) is 98.0 Å². The van der Waals surface area contributed by atoms with Gasteiger partial charge in [0, 0.05) is 24.4 Å². The third-order valence-electron chi connectivity index (χ3n) is 6.33. The Morgan fingerprint density at radius 2 is 1.68 bits per heavy atom. The van der Waals surface area contributed by atoms with Crippen LogP contribution in [-0.4, -0.2) is 32.6 Å². The molecule has 0 aromatic heterocycles. The number of hydrogen-bond donors (Lipinski definition) is 3. The number of aliphatic imine (C=N–C) groups is 1. The highest BCUT2D eigenvalue weighted by Crippen LogP contribution is 2.29. The molecule has 7 nitrogen and oxygen atoms in total. The maximum Gasteiger partial charge on any atom is 0.573 e. The van der Waals surface area contributed by atoms with Crippen LogP contribution in [0.2, 0.25) is 5.02 Å². The van der Waals surface area contributed by atoms with Gasteiger partial charge in [-0.3, -0.25) is 9.79 Å². The van der Waals surface area contributed by atoms with E-state index in [-0.39, 0.29) is 28.6 Å². The Kier molecular flexibility index (Phi) is 14.7. The number of halogens is 6. The second kappa shape index (κ2) is 17.9. The van der Waals surface area contributed by atoms with Gasteiger partial charge in [0.2, 0.25) is 0 Å². The molecule has 1 aliphatic carbocycles. The molecule has 1 aliphatic rings. The number of nitrogens with two attached hydrogens (primary N) is 1. The SMILES string of the molecule is C=Nc1cc(OCC(=O)Nc2cc(C(F)F)ccc2Cl)ccc1N.CC1CCCCC1.CNc1ccc(OC(F)(F)F)cc1. The lowest BCUT2D eigenvalue weighted by Gasteiger charge is -2.15. The lowest BCUT2D eigenvalue weighted by atomic mass is 9.91. The van der Waals surface area contributed by atoms with Crippen molar-refractivity contribution in [2.24, 2.45) is 10.9 Å². The third kappa shape index (κ3) is 13.5. The fourth-order valence-electron chi connectivity index (χ4n) is 3.99. The monoisotopic (exact) mass is 642 g/mol. The fourth-order valence-corrected chi connectivity index (χ4v) is 4.15. The minimum Gasteiger partial charge on any atom is -0.484 e. The highest BCUT2D eigenvalue weighted by Gasteiger charge is 2.30. The van der Waals surface area contributed by atoms with E-state index in [1.54, 1.807) is 19.2 Å². The molecule has 3 aromatic carbocycles. The van der Waals surface area contributed by atoms with Gasteiger partial charge in [0.05, 0.1) is 22.1 Å². The third-order valence-corrected chi connectivity index (χ3v) is 6.66. The van der Waals surface area contributed by atoms with Gasteiger partial charge >= 0.3 is 6.36 Å². The molecule has 0 radical (unpaired) electrons. The molecule has 0 unspecified atom stereocenters. The first-order valence-corrected chi connectivity index (χ1v) is 14.1. The number of rotatable bonds is 8. The van der Waals surface area contributed by atoms with Crippen LogP contribution in [-0.2, 0) is 4.79 Å². The van der Waals surface area contributed by atoms with Crippen LogP contribution in [0.4, 0.5) is 44.7 Å². The van der Waals surface area contributed by atoms with E-state index in [4.69, 9.17) is 22.1 Å². The standard InChI is InChI=1S/C16H14ClF2N3O2.C8H8F3NO.C7H14/c1-21-14-7-10(3-5-12(14)20)24-8-15(23)22-13-6-9(16(18)19)2-4-11(13)17;1-12-6-2-4-7(5-3-6)13-8(9,10)11;1-7-5-3-2-4-6-7/h2-7,16H,1,8,20H2,(H,22,23);2-5,12H,1H3;7H,2-6H2,1H3. The maximum atomic E-state index is 12.7. The summed E-state index contributed by atoms with van der Waals surface area (Å²) in [6.07, 6.45) is 0.155. The Morgan fingerprint density at radius 1 is 1.05 bits per heavy atom. The minimum atomic E-state index is -4.62. The number of nitrogen functional groups attached to an aromatic ring is 1. The smallest absolute Gasteiger partial charge is 0.484 e. The highest BCUT2D eigenvalue weighted by molar-refractivity contribution is 6.33. The van der Waals surface area contributed by atoms with Crippen molar-refractivity contribution in [2.75, 3.05) is 30.0 Å². The number of ether oxygens (including phenoxy) is 2.